The SMILES string of the molecule is Cc1ccoc1CNC1CCCC(OCC(F)(F)F)C1. The van der Waals surface area contributed by atoms with Gasteiger partial charge in [0.05, 0.1) is 18.9 Å². The predicted octanol–water partition coefficient (Wildman–Crippen LogP) is 3.57. The first kappa shape index (κ1) is 15.4. The Morgan fingerprint density at radius 2 is 2.20 bits per heavy atom. The highest BCUT2D eigenvalue weighted by molar-refractivity contribution is 5.14. The van der Waals surface area contributed by atoms with E-state index in [1.54, 1.807) is 6.26 Å². The van der Waals surface area contributed by atoms with Crippen molar-refractivity contribution in [2.24, 2.45) is 0 Å². The van der Waals surface area contributed by atoms with E-state index in [9.17, 15) is 13.2 Å². The summed E-state index contributed by atoms with van der Waals surface area (Å²) >= 11 is 0. The second kappa shape index (κ2) is 6.63. The minimum absolute atomic E-state index is 0.187. The van der Waals surface area contributed by atoms with E-state index in [2.05, 4.69) is 5.32 Å². The fourth-order valence-corrected chi connectivity index (χ4v) is 2.52. The molecule has 0 amide bonds. The lowest BCUT2D eigenvalue weighted by molar-refractivity contribution is -0.188. The Hall–Kier alpha value is -1.01. The summed E-state index contributed by atoms with van der Waals surface area (Å²) in [6.07, 6.45) is 0.265. The lowest BCUT2D eigenvalue weighted by Crippen LogP contribution is -2.37. The van der Waals surface area contributed by atoms with Gasteiger partial charge in [0.1, 0.15) is 12.4 Å². The van der Waals surface area contributed by atoms with Crippen LogP contribution in [0.5, 0.6) is 0 Å². The van der Waals surface area contributed by atoms with Gasteiger partial charge in [0.25, 0.3) is 0 Å². The highest BCUT2D eigenvalue weighted by Gasteiger charge is 2.31. The van der Waals surface area contributed by atoms with Crippen LogP contribution < -0.4 is 5.32 Å². The van der Waals surface area contributed by atoms with Crippen molar-refractivity contribution in [2.75, 3.05) is 6.61 Å². The molecule has 1 heterocycles. The van der Waals surface area contributed by atoms with Crippen molar-refractivity contribution >= 4 is 0 Å². The summed E-state index contributed by atoms with van der Waals surface area (Å²) < 4.78 is 46.7. The molecule has 114 valence electrons. The van der Waals surface area contributed by atoms with Crippen LogP contribution in [-0.2, 0) is 11.3 Å². The summed E-state index contributed by atoms with van der Waals surface area (Å²) in [7, 11) is 0. The van der Waals surface area contributed by atoms with Crippen LogP contribution in [0.3, 0.4) is 0 Å². The van der Waals surface area contributed by atoms with Gasteiger partial charge in [-0.2, -0.15) is 13.2 Å². The van der Waals surface area contributed by atoms with Crippen LogP contribution in [0.25, 0.3) is 0 Å². The second-order valence-electron chi connectivity index (χ2n) is 5.32. The first-order chi connectivity index (χ1) is 9.44. The van der Waals surface area contributed by atoms with Crippen molar-refractivity contribution in [3.05, 3.63) is 23.7 Å². The third-order valence-electron chi connectivity index (χ3n) is 3.63. The number of ether oxygens (including phenoxy) is 1. The topological polar surface area (TPSA) is 34.4 Å². The van der Waals surface area contributed by atoms with Crippen LogP contribution in [0.4, 0.5) is 13.2 Å². The molecular weight excluding hydrogens is 271 g/mol. The van der Waals surface area contributed by atoms with Crippen molar-refractivity contribution in [2.45, 2.75) is 57.5 Å². The van der Waals surface area contributed by atoms with E-state index in [0.29, 0.717) is 19.4 Å². The number of nitrogens with one attached hydrogen (secondary N) is 1. The molecule has 0 aliphatic heterocycles. The van der Waals surface area contributed by atoms with Crippen molar-refractivity contribution in [1.29, 1.82) is 0 Å². The van der Waals surface area contributed by atoms with Crippen LogP contribution in [0.1, 0.15) is 37.0 Å². The highest BCUT2D eigenvalue weighted by atomic mass is 19.4. The van der Waals surface area contributed by atoms with E-state index in [4.69, 9.17) is 9.15 Å². The average Bonchev–Trinajstić information content (AvgIpc) is 2.79. The Kier molecular flexibility index (Phi) is 5.10. The molecule has 2 rings (SSSR count). The zero-order valence-corrected chi connectivity index (χ0v) is 11.5. The molecule has 1 aliphatic rings. The summed E-state index contributed by atoms with van der Waals surface area (Å²) in [6.45, 7) is 1.42. The lowest BCUT2D eigenvalue weighted by Gasteiger charge is -2.30. The Morgan fingerprint density at radius 1 is 1.40 bits per heavy atom. The van der Waals surface area contributed by atoms with Crippen LogP contribution in [0.15, 0.2) is 16.7 Å². The minimum atomic E-state index is -4.24. The van der Waals surface area contributed by atoms with Gasteiger partial charge in [0.2, 0.25) is 0 Å². The molecule has 1 fully saturated rings. The molecule has 1 aliphatic carbocycles. The summed E-state index contributed by atoms with van der Waals surface area (Å²) in [6, 6.07) is 2.08. The smallest absolute Gasteiger partial charge is 0.411 e. The van der Waals surface area contributed by atoms with Crippen molar-refractivity contribution in [1.82, 2.24) is 5.32 Å². The zero-order chi connectivity index (χ0) is 14.6. The fraction of sp³-hybridized carbons (Fsp3) is 0.714. The number of hydrogen-bond acceptors (Lipinski definition) is 3. The predicted molar refractivity (Wildman–Crippen MR) is 68.3 cm³/mol. The van der Waals surface area contributed by atoms with Gasteiger partial charge in [0, 0.05) is 6.04 Å². The van der Waals surface area contributed by atoms with Crippen LogP contribution in [0, 0.1) is 6.92 Å². The third kappa shape index (κ3) is 4.83. The van der Waals surface area contributed by atoms with E-state index < -0.39 is 12.8 Å². The van der Waals surface area contributed by atoms with Gasteiger partial charge in [-0.15, -0.1) is 0 Å². The maximum atomic E-state index is 12.1. The van der Waals surface area contributed by atoms with Gasteiger partial charge in [-0.1, -0.05) is 0 Å². The number of hydrogen-bond donors (Lipinski definition) is 1. The van der Waals surface area contributed by atoms with Crippen molar-refractivity contribution in [3.63, 3.8) is 0 Å². The van der Waals surface area contributed by atoms with Gasteiger partial charge in [-0.05, 0) is 44.2 Å². The molecule has 0 bridgehead atoms. The molecule has 1 aromatic heterocycles. The molecule has 3 nitrogen and oxygen atoms in total. The summed E-state index contributed by atoms with van der Waals surface area (Å²) in [5.41, 5.74) is 1.08. The average molecular weight is 291 g/mol. The van der Waals surface area contributed by atoms with E-state index in [1.807, 2.05) is 13.0 Å². The van der Waals surface area contributed by atoms with Gasteiger partial charge in [0.15, 0.2) is 0 Å². The van der Waals surface area contributed by atoms with Gasteiger partial charge >= 0.3 is 6.18 Å². The molecule has 0 aromatic carbocycles. The molecule has 1 aromatic rings. The van der Waals surface area contributed by atoms with E-state index in [1.165, 1.54) is 0 Å². The van der Waals surface area contributed by atoms with Gasteiger partial charge in [-0.25, -0.2) is 0 Å². The first-order valence-corrected chi connectivity index (χ1v) is 6.89. The molecule has 20 heavy (non-hydrogen) atoms. The number of aryl methyl sites for hydroxylation is 1. The molecular formula is C14H20F3NO2. The maximum Gasteiger partial charge on any atom is 0.411 e. The van der Waals surface area contributed by atoms with Crippen molar-refractivity contribution < 1.29 is 22.3 Å². The number of halogens is 3. The molecule has 0 spiro atoms. The molecule has 2 atom stereocenters. The Bertz CT molecular complexity index is 417. The number of rotatable bonds is 5. The van der Waals surface area contributed by atoms with E-state index in [0.717, 1.165) is 24.2 Å². The number of furan rings is 1. The van der Waals surface area contributed by atoms with Gasteiger partial charge < -0.3 is 14.5 Å². The quantitative estimate of drug-likeness (QED) is 0.900. The van der Waals surface area contributed by atoms with E-state index >= 15 is 0 Å². The molecule has 0 saturated heterocycles. The summed E-state index contributed by atoms with van der Waals surface area (Å²) in [5, 5.41) is 3.34. The fourth-order valence-electron chi connectivity index (χ4n) is 2.52. The molecule has 6 heteroatoms. The lowest BCUT2D eigenvalue weighted by atomic mass is 9.93. The Labute approximate surface area is 116 Å². The Balaban J connectivity index is 1.74. The molecule has 0 radical (unpaired) electrons. The standard InChI is InChI=1S/C14H20F3NO2/c1-10-5-6-19-13(10)8-18-11-3-2-4-12(7-11)20-9-14(15,16)17/h5-6,11-12,18H,2-4,7-9H2,1H3. The molecule has 1 N–H and O–H groups in total. The van der Waals surface area contributed by atoms with Gasteiger partial charge in [-0.3, -0.25) is 0 Å². The molecule has 2 unspecified atom stereocenters. The largest absolute Gasteiger partial charge is 0.468 e. The molecule has 1 saturated carbocycles. The minimum Gasteiger partial charge on any atom is -0.468 e. The van der Waals surface area contributed by atoms with Crippen LogP contribution >= 0.6 is 0 Å². The summed E-state index contributed by atoms with van der Waals surface area (Å²) in [4.78, 5) is 0. The summed E-state index contributed by atoms with van der Waals surface area (Å²) in [5.74, 6) is 0.878. The second-order valence-corrected chi connectivity index (χ2v) is 5.32. The Morgan fingerprint density at radius 3 is 2.85 bits per heavy atom. The van der Waals surface area contributed by atoms with Crippen molar-refractivity contribution in [3.8, 4) is 0 Å². The third-order valence-corrected chi connectivity index (χ3v) is 3.63. The maximum absolute atomic E-state index is 12.1. The van der Waals surface area contributed by atoms with Crippen LogP contribution in [-0.4, -0.2) is 24.9 Å². The van der Waals surface area contributed by atoms with E-state index in [-0.39, 0.29) is 12.1 Å². The van der Waals surface area contributed by atoms with Crippen LogP contribution in [0.2, 0.25) is 0 Å². The normalized spacial score (nSPS) is 24.0. The first-order valence-electron chi connectivity index (χ1n) is 6.89. The zero-order valence-electron chi connectivity index (χ0n) is 11.5. The number of alkyl halides is 3. The monoisotopic (exact) mass is 291 g/mol. The highest BCUT2D eigenvalue weighted by Crippen LogP contribution is 2.24.